The highest BCUT2D eigenvalue weighted by molar-refractivity contribution is 7.89. The van der Waals surface area contributed by atoms with Crippen molar-refractivity contribution in [1.82, 2.24) is 13.9 Å². The smallest absolute Gasteiger partial charge is 0.258 e. The molecule has 0 radical (unpaired) electrons. The largest absolute Gasteiger partial charge is 0.310 e. The molecule has 0 bridgehead atoms. The first-order valence-electron chi connectivity index (χ1n) is 9.37. The van der Waals surface area contributed by atoms with E-state index in [-0.39, 0.29) is 16.4 Å². The molecule has 1 fully saturated rings. The minimum Gasteiger partial charge on any atom is -0.310 e. The third-order valence-corrected chi connectivity index (χ3v) is 6.89. The van der Waals surface area contributed by atoms with E-state index < -0.39 is 10.0 Å². The summed E-state index contributed by atoms with van der Waals surface area (Å²) >= 11 is 0. The standard InChI is InChI=1S/C20H22N4O3S/c1-2-24-18-11-4-3-10-17(18)21-20(24)22-19(25)15-8-7-9-16(14-15)28(26,27)23-12-5-6-13-23/h3-4,7-11,14H,2,5-6,12-13H2,1H3,(H,21,22,25). The first-order valence-corrected chi connectivity index (χ1v) is 10.8. The van der Waals surface area contributed by atoms with Crippen LogP contribution in [-0.2, 0) is 16.6 Å². The average molecular weight is 398 g/mol. The van der Waals surface area contributed by atoms with Crippen LogP contribution >= 0.6 is 0 Å². The number of para-hydroxylation sites is 2. The molecule has 0 spiro atoms. The van der Waals surface area contributed by atoms with Gasteiger partial charge in [-0.15, -0.1) is 0 Å². The summed E-state index contributed by atoms with van der Waals surface area (Å²) in [7, 11) is -3.57. The maximum absolute atomic E-state index is 12.8. The summed E-state index contributed by atoms with van der Waals surface area (Å²) in [6.45, 7) is 3.69. The van der Waals surface area contributed by atoms with E-state index in [1.54, 1.807) is 12.1 Å². The second kappa shape index (κ2) is 7.37. The third-order valence-electron chi connectivity index (χ3n) is 5.00. The molecule has 28 heavy (non-hydrogen) atoms. The SMILES string of the molecule is CCn1c(NC(=O)c2cccc(S(=O)(=O)N3CCCC3)c2)nc2ccccc21. The van der Waals surface area contributed by atoms with Crippen LogP contribution in [0.15, 0.2) is 53.4 Å². The summed E-state index contributed by atoms with van der Waals surface area (Å²) in [5, 5.41) is 2.82. The van der Waals surface area contributed by atoms with E-state index in [2.05, 4.69) is 10.3 Å². The summed E-state index contributed by atoms with van der Waals surface area (Å²) in [6.07, 6.45) is 1.74. The molecule has 1 saturated heterocycles. The van der Waals surface area contributed by atoms with E-state index in [0.29, 0.717) is 25.6 Å². The Morgan fingerprint density at radius 2 is 1.86 bits per heavy atom. The van der Waals surface area contributed by atoms with Gasteiger partial charge in [0.1, 0.15) is 0 Å². The van der Waals surface area contributed by atoms with E-state index in [1.165, 1.54) is 16.4 Å². The number of rotatable bonds is 5. The number of nitrogens with one attached hydrogen (secondary N) is 1. The molecular weight excluding hydrogens is 376 g/mol. The van der Waals surface area contributed by atoms with Gasteiger partial charge in [0.15, 0.2) is 0 Å². The van der Waals surface area contributed by atoms with Crippen molar-refractivity contribution >= 4 is 32.9 Å². The Morgan fingerprint density at radius 1 is 1.11 bits per heavy atom. The van der Waals surface area contributed by atoms with Crippen LogP contribution in [0.1, 0.15) is 30.1 Å². The summed E-state index contributed by atoms with van der Waals surface area (Å²) in [6, 6.07) is 13.8. The van der Waals surface area contributed by atoms with Crippen LogP contribution < -0.4 is 5.32 Å². The van der Waals surface area contributed by atoms with Crippen molar-refractivity contribution in [2.75, 3.05) is 18.4 Å². The Bertz CT molecular complexity index is 1130. The lowest BCUT2D eigenvalue weighted by Crippen LogP contribution is -2.28. The lowest BCUT2D eigenvalue weighted by Gasteiger charge is -2.16. The molecule has 1 aliphatic heterocycles. The number of fused-ring (bicyclic) bond motifs is 1. The molecule has 3 aromatic rings. The highest BCUT2D eigenvalue weighted by Crippen LogP contribution is 2.23. The number of aryl methyl sites for hydroxylation is 1. The fourth-order valence-electron chi connectivity index (χ4n) is 3.54. The van der Waals surface area contributed by atoms with Crippen LogP contribution in [-0.4, -0.2) is 41.3 Å². The summed E-state index contributed by atoms with van der Waals surface area (Å²) in [4.78, 5) is 17.4. The van der Waals surface area contributed by atoms with Gasteiger partial charge in [-0.2, -0.15) is 4.31 Å². The number of hydrogen-bond acceptors (Lipinski definition) is 4. The van der Waals surface area contributed by atoms with Gasteiger partial charge in [-0.3, -0.25) is 10.1 Å². The molecule has 0 unspecified atom stereocenters. The topological polar surface area (TPSA) is 84.3 Å². The zero-order valence-corrected chi connectivity index (χ0v) is 16.4. The summed E-state index contributed by atoms with van der Waals surface area (Å²) in [5.41, 5.74) is 2.02. The number of sulfonamides is 1. The van der Waals surface area contributed by atoms with Crippen molar-refractivity contribution in [3.8, 4) is 0 Å². The number of imidazole rings is 1. The average Bonchev–Trinajstić information content (AvgIpc) is 3.36. The molecule has 8 heteroatoms. The zero-order valence-electron chi connectivity index (χ0n) is 15.6. The van der Waals surface area contributed by atoms with Gasteiger partial charge >= 0.3 is 0 Å². The van der Waals surface area contributed by atoms with E-state index in [0.717, 1.165) is 23.9 Å². The number of anilines is 1. The number of aromatic nitrogens is 2. The molecular formula is C20H22N4O3S. The Balaban J connectivity index is 1.63. The van der Waals surface area contributed by atoms with Crippen molar-refractivity contribution in [3.05, 3.63) is 54.1 Å². The monoisotopic (exact) mass is 398 g/mol. The molecule has 0 aliphatic carbocycles. The Morgan fingerprint density at radius 3 is 2.61 bits per heavy atom. The molecule has 0 atom stereocenters. The molecule has 4 rings (SSSR count). The molecule has 146 valence electrons. The van der Waals surface area contributed by atoms with Gasteiger partial charge in [0, 0.05) is 25.2 Å². The highest BCUT2D eigenvalue weighted by atomic mass is 32.2. The number of hydrogen-bond donors (Lipinski definition) is 1. The second-order valence-corrected chi connectivity index (χ2v) is 8.70. The molecule has 1 amide bonds. The number of benzene rings is 2. The van der Waals surface area contributed by atoms with Gasteiger partial charge in [0.2, 0.25) is 16.0 Å². The Labute approximate surface area is 164 Å². The van der Waals surface area contributed by atoms with Crippen LogP contribution in [0.3, 0.4) is 0 Å². The van der Waals surface area contributed by atoms with Crippen molar-refractivity contribution in [2.24, 2.45) is 0 Å². The highest BCUT2D eigenvalue weighted by Gasteiger charge is 2.27. The van der Waals surface area contributed by atoms with Crippen LogP contribution in [0.5, 0.6) is 0 Å². The minimum absolute atomic E-state index is 0.144. The normalized spacial score (nSPS) is 15.2. The van der Waals surface area contributed by atoms with Gasteiger partial charge in [-0.1, -0.05) is 18.2 Å². The van der Waals surface area contributed by atoms with E-state index in [1.807, 2.05) is 35.8 Å². The molecule has 0 saturated carbocycles. The van der Waals surface area contributed by atoms with Crippen LogP contribution in [0, 0.1) is 0 Å². The molecule has 1 N–H and O–H groups in total. The molecule has 1 aliphatic rings. The first-order chi connectivity index (χ1) is 13.5. The van der Waals surface area contributed by atoms with Crippen LogP contribution in [0.25, 0.3) is 11.0 Å². The maximum atomic E-state index is 12.8. The van der Waals surface area contributed by atoms with E-state index in [9.17, 15) is 13.2 Å². The van der Waals surface area contributed by atoms with Gasteiger partial charge in [0.25, 0.3) is 5.91 Å². The van der Waals surface area contributed by atoms with Crippen molar-refractivity contribution in [2.45, 2.75) is 31.2 Å². The van der Waals surface area contributed by atoms with Crippen molar-refractivity contribution in [3.63, 3.8) is 0 Å². The molecule has 2 aromatic carbocycles. The zero-order chi connectivity index (χ0) is 19.7. The van der Waals surface area contributed by atoms with Gasteiger partial charge < -0.3 is 4.57 Å². The van der Waals surface area contributed by atoms with Gasteiger partial charge in [0.05, 0.1) is 15.9 Å². The number of amides is 1. The first kappa shape index (κ1) is 18.6. The lowest BCUT2D eigenvalue weighted by molar-refractivity contribution is 0.102. The van der Waals surface area contributed by atoms with Crippen molar-refractivity contribution < 1.29 is 13.2 Å². The quantitative estimate of drug-likeness (QED) is 0.716. The number of nitrogens with zero attached hydrogens (tertiary/aromatic N) is 3. The predicted molar refractivity (Wildman–Crippen MR) is 108 cm³/mol. The van der Waals surface area contributed by atoms with Gasteiger partial charge in [-0.05, 0) is 50.1 Å². The fraction of sp³-hybridized carbons (Fsp3) is 0.300. The maximum Gasteiger partial charge on any atom is 0.258 e. The molecule has 2 heterocycles. The van der Waals surface area contributed by atoms with Crippen LogP contribution in [0.2, 0.25) is 0 Å². The summed E-state index contributed by atoms with van der Waals surface area (Å²) in [5.74, 6) is 0.0602. The Kier molecular flexibility index (Phi) is 4.91. The predicted octanol–water partition coefficient (Wildman–Crippen LogP) is 3.09. The number of carbonyl (C=O) groups excluding carboxylic acids is 1. The van der Waals surface area contributed by atoms with E-state index in [4.69, 9.17) is 0 Å². The van der Waals surface area contributed by atoms with Crippen LogP contribution in [0.4, 0.5) is 5.95 Å². The van der Waals surface area contributed by atoms with E-state index >= 15 is 0 Å². The summed E-state index contributed by atoms with van der Waals surface area (Å²) < 4.78 is 28.9. The fourth-order valence-corrected chi connectivity index (χ4v) is 5.10. The Hall–Kier alpha value is -2.71. The molecule has 7 nitrogen and oxygen atoms in total. The second-order valence-electron chi connectivity index (χ2n) is 6.76. The number of carbonyl (C=O) groups is 1. The van der Waals surface area contributed by atoms with Gasteiger partial charge in [-0.25, -0.2) is 13.4 Å². The third kappa shape index (κ3) is 3.29. The minimum atomic E-state index is -3.57. The van der Waals surface area contributed by atoms with Crippen molar-refractivity contribution in [1.29, 1.82) is 0 Å². The lowest BCUT2D eigenvalue weighted by atomic mass is 10.2. The molecule has 1 aromatic heterocycles.